The van der Waals surface area contributed by atoms with Gasteiger partial charge in [-0.05, 0) is 32.9 Å². The van der Waals surface area contributed by atoms with Crippen LogP contribution in [0.15, 0.2) is 24.4 Å². The number of aromatic nitrogens is 2. The number of fused-ring (bicyclic) bond motifs is 1. The van der Waals surface area contributed by atoms with Crippen LogP contribution >= 0.6 is 0 Å². The zero-order chi connectivity index (χ0) is 15.9. The number of ether oxygens (including phenoxy) is 3. The van der Waals surface area contributed by atoms with Gasteiger partial charge in [-0.25, -0.2) is 9.78 Å². The van der Waals surface area contributed by atoms with Gasteiger partial charge in [0.25, 0.3) is 0 Å². The van der Waals surface area contributed by atoms with Gasteiger partial charge in [0, 0.05) is 17.8 Å². The number of nitrogens with zero attached hydrogens (tertiary/aromatic N) is 2. The molecule has 0 bridgehead atoms. The molecule has 1 aliphatic heterocycles. The van der Waals surface area contributed by atoms with Gasteiger partial charge in [0.15, 0.2) is 6.10 Å². The fourth-order valence-electron chi connectivity index (χ4n) is 2.26. The number of hydrogen-bond donors (Lipinski definition) is 0. The maximum absolute atomic E-state index is 12.1. The largest absolute Gasteiger partial charge is 0.481 e. The molecule has 0 N–H and O–H groups in total. The van der Waals surface area contributed by atoms with Crippen molar-refractivity contribution < 1.29 is 19.0 Å². The molecule has 1 aliphatic rings. The van der Waals surface area contributed by atoms with E-state index in [0.717, 1.165) is 11.1 Å². The van der Waals surface area contributed by atoms with Gasteiger partial charge in [-0.3, -0.25) is 4.98 Å². The average molecular weight is 302 g/mol. The maximum Gasteiger partial charge on any atom is 0.338 e. The van der Waals surface area contributed by atoms with Crippen molar-refractivity contribution in [1.82, 2.24) is 9.97 Å². The van der Waals surface area contributed by atoms with E-state index >= 15 is 0 Å². The van der Waals surface area contributed by atoms with Crippen LogP contribution < -0.4 is 4.74 Å². The summed E-state index contributed by atoms with van der Waals surface area (Å²) in [4.78, 5) is 20.7. The molecule has 0 spiro atoms. The third-order valence-electron chi connectivity index (χ3n) is 3.24. The predicted octanol–water partition coefficient (Wildman–Crippen LogP) is 2.42. The lowest BCUT2D eigenvalue weighted by atomic mass is 10.1. The van der Waals surface area contributed by atoms with E-state index in [0.29, 0.717) is 11.4 Å². The number of carbonyl (C=O) groups excluding carboxylic acids is 1. The van der Waals surface area contributed by atoms with Crippen LogP contribution in [0.4, 0.5) is 0 Å². The Morgan fingerprint density at radius 1 is 1.27 bits per heavy atom. The van der Waals surface area contributed by atoms with E-state index in [2.05, 4.69) is 9.97 Å². The van der Waals surface area contributed by atoms with Crippen molar-refractivity contribution in [3.05, 3.63) is 30.0 Å². The summed E-state index contributed by atoms with van der Waals surface area (Å²) in [6.45, 7) is 5.49. The quantitative estimate of drug-likeness (QED) is 0.640. The van der Waals surface area contributed by atoms with Crippen molar-refractivity contribution in [2.24, 2.45) is 0 Å². The number of epoxide rings is 1. The summed E-state index contributed by atoms with van der Waals surface area (Å²) in [7, 11) is 1.56. The molecule has 2 atom stereocenters. The van der Waals surface area contributed by atoms with Crippen LogP contribution in [0.2, 0.25) is 0 Å². The molecule has 3 heterocycles. The Labute approximate surface area is 128 Å². The standard InChI is InChI=1S/C16H18N2O4/c1-16(2,3)22-15(19)14-13(21-14)9-7-8-17-10-5-6-11(20-4)18-12(9)10/h5-8,13-14H,1-4H3/t13-,14-/m0/s1. The average Bonchev–Trinajstić information content (AvgIpc) is 3.24. The minimum atomic E-state index is -0.585. The summed E-state index contributed by atoms with van der Waals surface area (Å²) < 4.78 is 16.0. The fourth-order valence-corrected chi connectivity index (χ4v) is 2.26. The topological polar surface area (TPSA) is 73.8 Å². The van der Waals surface area contributed by atoms with Crippen LogP contribution in [0.1, 0.15) is 32.4 Å². The fraction of sp³-hybridized carbons (Fsp3) is 0.438. The van der Waals surface area contributed by atoms with E-state index in [1.165, 1.54) is 0 Å². The minimum absolute atomic E-state index is 0.347. The molecule has 6 heteroatoms. The summed E-state index contributed by atoms with van der Waals surface area (Å²) in [6.07, 6.45) is 0.748. The molecule has 2 aromatic heterocycles. The zero-order valence-corrected chi connectivity index (χ0v) is 13.0. The molecule has 1 saturated heterocycles. The lowest BCUT2D eigenvalue weighted by Crippen LogP contribution is -2.26. The van der Waals surface area contributed by atoms with Gasteiger partial charge in [-0.1, -0.05) is 0 Å². The third kappa shape index (κ3) is 2.87. The molecule has 6 nitrogen and oxygen atoms in total. The van der Waals surface area contributed by atoms with Crippen LogP contribution in [-0.4, -0.2) is 34.8 Å². The van der Waals surface area contributed by atoms with Crippen LogP contribution in [0, 0.1) is 0 Å². The van der Waals surface area contributed by atoms with Gasteiger partial charge in [0.1, 0.15) is 11.7 Å². The van der Waals surface area contributed by atoms with E-state index in [-0.39, 0.29) is 12.1 Å². The Morgan fingerprint density at radius 2 is 2.05 bits per heavy atom. The molecule has 0 radical (unpaired) electrons. The van der Waals surface area contributed by atoms with Crippen molar-refractivity contribution in [2.45, 2.75) is 38.6 Å². The number of rotatable bonds is 3. The summed E-state index contributed by atoms with van der Waals surface area (Å²) in [5.41, 5.74) is 1.70. The zero-order valence-electron chi connectivity index (χ0n) is 13.0. The van der Waals surface area contributed by atoms with Crippen molar-refractivity contribution >= 4 is 17.0 Å². The highest BCUT2D eigenvalue weighted by Crippen LogP contribution is 2.42. The molecule has 0 amide bonds. The third-order valence-corrected chi connectivity index (χ3v) is 3.24. The van der Waals surface area contributed by atoms with E-state index in [9.17, 15) is 4.79 Å². The molecule has 0 saturated carbocycles. The Bertz CT molecular complexity index is 724. The lowest BCUT2D eigenvalue weighted by Gasteiger charge is -2.18. The van der Waals surface area contributed by atoms with E-state index in [1.54, 1.807) is 19.4 Å². The molecule has 3 rings (SSSR count). The van der Waals surface area contributed by atoms with E-state index < -0.39 is 11.7 Å². The Hall–Kier alpha value is -2.21. The number of esters is 1. The molecule has 0 aromatic carbocycles. The second-order valence-corrected chi connectivity index (χ2v) is 6.13. The van der Waals surface area contributed by atoms with Gasteiger partial charge in [0.05, 0.1) is 18.1 Å². The first-order valence-corrected chi connectivity index (χ1v) is 7.07. The second kappa shape index (κ2) is 5.21. The van der Waals surface area contributed by atoms with Crippen molar-refractivity contribution in [3.8, 4) is 5.88 Å². The Balaban J connectivity index is 1.88. The molecule has 0 aliphatic carbocycles. The molecule has 2 aromatic rings. The SMILES string of the molecule is COc1ccc2nccc([C@@H]3O[C@@H]3C(=O)OC(C)(C)C)c2n1. The van der Waals surface area contributed by atoms with E-state index in [4.69, 9.17) is 14.2 Å². The molecule has 116 valence electrons. The molecular formula is C16H18N2O4. The smallest absolute Gasteiger partial charge is 0.338 e. The summed E-state index contributed by atoms with van der Waals surface area (Å²) in [5.74, 6) is 0.140. The first kappa shape index (κ1) is 14.7. The first-order valence-electron chi connectivity index (χ1n) is 7.07. The lowest BCUT2D eigenvalue weighted by molar-refractivity contribution is -0.156. The van der Waals surface area contributed by atoms with E-state index in [1.807, 2.05) is 32.9 Å². The first-order chi connectivity index (χ1) is 10.4. The predicted molar refractivity (Wildman–Crippen MR) is 79.5 cm³/mol. The van der Waals surface area contributed by atoms with Gasteiger partial charge in [-0.15, -0.1) is 0 Å². The van der Waals surface area contributed by atoms with Crippen LogP contribution in [0.3, 0.4) is 0 Å². The van der Waals surface area contributed by atoms with Crippen LogP contribution in [0.5, 0.6) is 5.88 Å². The molecule has 1 fully saturated rings. The number of methoxy groups -OCH3 is 1. The second-order valence-electron chi connectivity index (χ2n) is 6.13. The highest BCUT2D eigenvalue weighted by Gasteiger charge is 2.49. The summed E-state index contributed by atoms with van der Waals surface area (Å²) in [6, 6.07) is 5.39. The normalized spacial score (nSPS) is 20.7. The van der Waals surface area contributed by atoms with Crippen LogP contribution in [0.25, 0.3) is 11.0 Å². The molecule has 22 heavy (non-hydrogen) atoms. The number of pyridine rings is 2. The van der Waals surface area contributed by atoms with Crippen LogP contribution in [-0.2, 0) is 14.3 Å². The summed E-state index contributed by atoms with van der Waals surface area (Å²) in [5, 5.41) is 0. The van der Waals surface area contributed by atoms with Crippen molar-refractivity contribution in [1.29, 1.82) is 0 Å². The minimum Gasteiger partial charge on any atom is -0.481 e. The number of hydrogen-bond acceptors (Lipinski definition) is 6. The summed E-state index contributed by atoms with van der Waals surface area (Å²) >= 11 is 0. The monoisotopic (exact) mass is 302 g/mol. The van der Waals surface area contributed by atoms with Crippen molar-refractivity contribution in [3.63, 3.8) is 0 Å². The number of carbonyl (C=O) groups is 1. The molecule has 0 unspecified atom stereocenters. The van der Waals surface area contributed by atoms with Gasteiger partial charge >= 0.3 is 5.97 Å². The van der Waals surface area contributed by atoms with Gasteiger partial charge in [-0.2, -0.15) is 0 Å². The highest BCUT2D eigenvalue weighted by atomic mass is 16.6. The van der Waals surface area contributed by atoms with Gasteiger partial charge < -0.3 is 14.2 Å². The Morgan fingerprint density at radius 3 is 2.73 bits per heavy atom. The molecular weight excluding hydrogens is 284 g/mol. The Kier molecular flexibility index (Phi) is 3.48. The van der Waals surface area contributed by atoms with Crippen molar-refractivity contribution in [2.75, 3.05) is 7.11 Å². The van der Waals surface area contributed by atoms with Gasteiger partial charge in [0.2, 0.25) is 5.88 Å². The highest BCUT2D eigenvalue weighted by molar-refractivity contribution is 5.83. The maximum atomic E-state index is 12.1.